The number of nitrogens with one attached hydrogen (secondary N) is 1. The highest BCUT2D eigenvalue weighted by Crippen LogP contribution is 2.32. The summed E-state index contributed by atoms with van der Waals surface area (Å²) in [6.07, 6.45) is 2.78. The molecule has 0 aliphatic carbocycles. The van der Waals surface area contributed by atoms with Crippen molar-refractivity contribution in [1.82, 2.24) is 5.32 Å². The molecule has 0 spiro atoms. The second-order valence-electron chi connectivity index (χ2n) is 5.65. The Balaban J connectivity index is 2.53. The van der Waals surface area contributed by atoms with E-state index in [-0.39, 0.29) is 16.4 Å². The van der Waals surface area contributed by atoms with Crippen LogP contribution in [0.3, 0.4) is 0 Å². The zero-order chi connectivity index (χ0) is 13.6. The van der Waals surface area contributed by atoms with Gasteiger partial charge in [0.2, 0.25) is 0 Å². The Labute approximate surface area is 111 Å². The topological polar surface area (TPSA) is 55.4 Å². The SMILES string of the molecule is CCCNCC1(CCS(=O)(=O)C(C)C)CCOC1. The molecule has 0 amide bonds. The fourth-order valence-corrected chi connectivity index (χ4v) is 3.39. The highest BCUT2D eigenvalue weighted by molar-refractivity contribution is 7.91. The first-order chi connectivity index (χ1) is 8.42. The minimum Gasteiger partial charge on any atom is -0.381 e. The normalized spacial score (nSPS) is 24.9. The summed E-state index contributed by atoms with van der Waals surface area (Å²) < 4.78 is 29.3. The molecule has 4 nitrogen and oxygen atoms in total. The average Bonchev–Trinajstić information content (AvgIpc) is 2.76. The minimum atomic E-state index is -2.94. The van der Waals surface area contributed by atoms with Crippen molar-refractivity contribution in [2.24, 2.45) is 5.41 Å². The number of hydrogen-bond donors (Lipinski definition) is 1. The smallest absolute Gasteiger partial charge is 0.152 e. The maximum absolute atomic E-state index is 11.9. The summed E-state index contributed by atoms with van der Waals surface area (Å²) in [6, 6.07) is 0. The average molecular weight is 277 g/mol. The largest absolute Gasteiger partial charge is 0.381 e. The maximum atomic E-state index is 11.9. The predicted octanol–water partition coefficient (Wildman–Crippen LogP) is 1.61. The number of ether oxygens (including phenoxy) is 1. The zero-order valence-corrected chi connectivity index (χ0v) is 12.7. The van der Waals surface area contributed by atoms with Gasteiger partial charge in [0, 0.05) is 18.6 Å². The maximum Gasteiger partial charge on any atom is 0.152 e. The zero-order valence-electron chi connectivity index (χ0n) is 11.9. The molecule has 18 heavy (non-hydrogen) atoms. The van der Waals surface area contributed by atoms with E-state index in [1.54, 1.807) is 13.8 Å². The lowest BCUT2D eigenvalue weighted by atomic mass is 9.84. The molecule has 1 aliphatic heterocycles. The molecule has 1 heterocycles. The van der Waals surface area contributed by atoms with E-state index in [2.05, 4.69) is 12.2 Å². The van der Waals surface area contributed by atoms with Gasteiger partial charge < -0.3 is 10.1 Å². The van der Waals surface area contributed by atoms with Gasteiger partial charge in [0.25, 0.3) is 0 Å². The summed E-state index contributed by atoms with van der Waals surface area (Å²) in [5.74, 6) is 0.280. The standard InChI is InChI=1S/C13H27NO3S/c1-4-7-14-10-13(5-8-17-11-13)6-9-18(15,16)12(2)3/h12,14H,4-11H2,1-3H3. The summed E-state index contributed by atoms with van der Waals surface area (Å²) in [4.78, 5) is 0. The summed E-state index contributed by atoms with van der Waals surface area (Å²) in [5.41, 5.74) is 0.0249. The Hall–Kier alpha value is -0.130. The van der Waals surface area contributed by atoms with Gasteiger partial charge in [-0.3, -0.25) is 0 Å². The second-order valence-corrected chi connectivity index (χ2v) is 8.32. The molecular weight excluding hydrogens is 250 g/mol. The van der Waals surface area contributed by atoms with E-state index in [0.29, 0.717) is 13.0 Å². The number of sulfone groups is 1. The Morgan fingerprint density at radius 2 is 2.11 bits per heavy atom. The van der Waals surface area contributed by atoms with Crippen molar-refractivity contribution >= 4 is 9.84 Å². The molecule has 1 rings (SSSR count). The highest BCUT2D eigenvalue weighted by Gasteiger charge is 2.36. The van der Waals surface area contributed by atoms with Gasteiger partial charge in [-0.05, 0) is 39.7 Å². The van der Waals surface area contributed by atoms with Crippen LogP contribution in [-0.2, 0) is 14.6 Å². The van der Waals surface area contributed by atoms with Gasteiger partial charge in [-0.2, -0.15) is 0 Å². The van der Waals surface area contributed by atoms with Crippen LogP contribution in [0.5, 0.6) is 0 Å². The highest BCUT2D eigenvalue weighted by atomic mass is 32.2. The van der Waals surface area contributed by atoms with Crippen LogP contribution in [0.25, 0.3) is 0 Å². The fraction of sp³-hybridized carbons (Fsp3) is 1.00. The molecule has 0 bridgehead atoms. The lowest BCUT2D eigenvalue weighted by molar-refractivity contribution is 0.147. The van der Waals surface area contributed by atoms with Gasteiger partial charge in [0.15, 0.2) is 9.84 Å². The quantitative estimate of drug-likeness (QED) is 0.685. The molecule has 108 valence electrons. The summed E-state index contributed by atoms with van der Waals surface area (Å²) in [6.45, 7) is 8.94. The van der Waals surface area contributed by atoms with E-state index in [1.165, 1.54) is 0 Å². The van der Waals surface area contributed by atoms with Crippen molar-refractivity contribution in [3.8, 4) is 0 Å². The van der Waals surface area contributed by atoms with Crippen molar-refractivity contribution in [1.29, 1.82) is 0 Å². The summed E-state index contributed by atoms with van der Waals surface area (Å²) in [5, 5.41) is 3.13. The van der Waals surface area contributed by atoms with E-state index in [1.807, 2.05) is 0 Å². The van der Waals surface area contributed by atoms with E-state index >= 15 is 0 Å². The van der Waals surface area contributed by atoms with Crippen molar-refractivity contribution < 1.29 is 13.2 Å². The van der Waals surface area contributed by atoms with Crippen LogP contribution in [0.15, 0.2) is 0 Å². The van der Waals surface area contributed by atoms with E-state index in [9.17, 15) is 8.42 Å². The molecule has 0 aromatic carbocycles. The van der Waals surface area contributed by atoms with Crippen molar-refractivity contribution in [2.75, 3.05) is 32.1 Å². The third-order valence-electron chi connectivity index (χ3n) is 3.75. The molecule has 1 fully saturated rings. The molecule has 1 N–H and O–H groups in total. The van der Waals surface area contributed by atoms with Gasteiger partial charge >= 0.3 is 0 Å². The van der Waals surface area contributed by atoms with Gasteiger partial charge in [0.1, 0.15) is 0 Å². The van der Waals surface area contributed by atoms with Crippen LogP contribution in [0, 0.1) is 5.41 Å². The molecule has 1 atom stereocenters. The fourth-order valence-electron chi connectivity index (χ4n) is 2.20. The van der Waals surface area contributed by atoms with Crippen molar-refractivity contribution in [3.63, 3.8) is 0 Å². The van der Waals surface area contributed by atoms with Crippen LogP contribution >= 0.6 is 0 Å². The Bertz CT molecular complexity index is 332. The third-order valence-corrected chi connectivity index (χ3v) is 5.96. The molecule has 1 aliphatic rings. The third kappa shape index (κ3) is 4.52. The molecule has 1 saturated heterocycles. The predicted molar refractivity (Wildman–Crippen MR) is 74.6 cm³/mol. The lowest BCUT2D eigenvalue weighted by Gasteiger charge is -2.28. The Morgan fingerprint density at radius 3 is 2.61 bits per heavy atom. The first-order valence-electron chi connectivity index (χ1n) is 6.92. The second kappa shape index (κ2) is 6.87. The van der Waals surface area contributed by atoms with Gasteiger partial charge in [-0.25, -0.2) is 8.42 Å². The van der Waals surface area contributed by atoms with E-state index in [4.69, 9.17) is 4.74 Å². The van der Waals surface area contributed by atoms with Crippen molar-refractivity contribution in [2.45, 2.75) is 45.3 Å². The van der Waals surface area contributed by atoms with Crippen LogP contribution in [-0.4, -0.2) is 45.7 Å². The van der Waals surface area contributed by atoms with Gasteiger partial charge in [0.05, 0.1) is 17.6 Å². The number of hydrogen-bond acceptors (Lipinski definition) is 4. The summed E-state index contributed by atoms with van der Waals surface area (Å²) >= 11 is 0. The molecule has 0 aromatic rings. The monoisotopic (exact) mass is 277 g/mol. The molecule has 0 aromatic heterocycles. The van der Waals surface area contributed by atoms with Crippen LogP contribution in [0.1, 0.15) is 40.0 Å². The van der Waals surface area contributed by atoms with E-state index < -0.39 is 9.84 Å². The minimum absolute atomic E-state index is 0.0249. The van der Waals surface area contributed by atoms with Crippen LogP contribution in [0.4, 0.5) is 0 Å². The molecule has 1 unspecified atom stereocenters. The molecular formula is C13H27NO3S. The molecule has 5 heteroatoms. The first-order valence-corrected chi connectivity index (χ1v) is 8.63. The first kappa shape index (κ1) is 15.9. The Morgan fingerprint density at radius 1 is 1.39 bits per heavy atom. The molecule has 0 radical (unpaired) electrons. The number of rotatable bonds is 8. The van der Waals surface area contributed by atoms with Crippen molar-refractivity contribution in [3.05, 3.63) is 0 Å². The Kier molecular flexibility index (Phi) is 6.08. The van der Waals surface area contributed by atoms with Gasteiger partial charge in [-0.1, -0.05) is 6.92 Å². The van der Waals surface area contributed by atoms with E-state index in [0.717, 1.165) is 32.5 Å². The van der Waals surface area contributed by atoms with Gasteiger partial charge in [-0.15, -0.1) is 0 Å². The van der Waals surface area contributed by atoms with Crippen LogP contribution in [0.2, 0.25) is 0 Å². The molecule has 0 saturated carbocycles. The summed E-state index contributed by atoms with van der Waals surface area (Å²) in [7, 11) is -2.94. The lowest BCUT2D eigenvalue weighted by Crippen LogP contribution is -2.37. The van der Waals surface area contributed by atoms with Crippen LogP contribution < -0.4 is 5.32 Å².